The Bertz CT molecular complexity index is 847. The van der Waals surface area contributed by atoms with Gasteiger partial charge in [0.25, 0.3) is 6.33 Å². The molecule has 1 rings (SSSR count). The van der Waals surface area contributed by atoms with Crippen molar-refractivity contribution in [2.24, 2.45) is 0 Å². The number of halogens is 17. The number of nitrogens with zero attached hydrogens (tertiary/aromatic N) is 2. The van der Waals surface area contributed by atoms with Gasteiger partial charge in [-0.25, -0.2) is 4.57 Å². The quantitative estimate of drug-likeness (QED) is 0.307. The first-order valence-electron chi connectivity index (χ1n) is 7.22. The molecule has 19 heteroatoms. The second-order valence-electron chi connectivity index (χ2n) is 5.94. The molecular formula is C13H6F17N2+. The second kappa shape index (κ2) is 7.13. The summed E-state index contributed by atoms with van der Waals surface area (Å²) in [6.07, 6.45) is -7.37. The van der Waals surface area contributed by atoms with Gasteiger partial charge in [0.05, 0.1) is 6.20 Å². The van der Waals surface area contributed by atoms with Crippen LogP contribution in [0.25, 0.3) is 6.20 Å². The minimum absolute atomic E-state index is 0.228. The molecule has 1 aromatic heterocycles. The van der Waals surface area contributed by atoms with Crippen LogP contribution in [-0.2, 0) is 6.05 Å². The number of imidazole rings is 1. The number of aromatic nitrogens is 2. The highest BCUT2D eigenvalue weighted by molar-refractivity contribution is 5.15. The van der Waals surface area contributed by atoms with Crippen molar-refractivity contribution in [3.63, 3.8) is 0 Å². The van der Waals surface area contributed by atoms with Crippen LogP contribution >= 0.6 is 0 Å². The summed E-state index contributed by atoms with van der Waals surface area (Å²) in [5.74, 6) is -50.0. The molecule has 0 aliphatic heterocycles. The van der Waals surface area contributed by atoms with Gasteiger partial charge < -0.3 is 0 Å². The van der Waals surface area contributed by atoms with Gasteiger partial charge in [-0.2, -0.15) is 79.2 Å². The fourth-order valence-corrected chi connectivity index (χ4v) is 1.96. The fraction of sp³-hybridized carbons (Fsp3) is 0.615. The molecule has 0 spiro atoms. The molecule has 0 radical (unpaired) electrons. The molecule has 186 valence electrons. The molecule has 0 N–H and O–H groups in total. The van der Waals surface area contributed by atoms with E-state index < -0.39 is 52.3 Å². The van der Waals surface area contributed by atoms with Gasteiger partial charge in [0.1, 0.15) is 12.4 Å². The molecule has 1 aromatic rings. The van der Waals surface area contributed by atoms with Crippen LogP contribution in [0, 0.1) is 0 Å². The van der Waals surface area contributed by atoms with Crippen molar-refractivity contribution >= 4 is 6.20 Å². The van der Waals surface area contributed by atoms with Crippen molar-refractivity contribution in [3.8, 4) is 0 Å². The Kier molecular flexibility index (Phi) is 6.19. The summed E-state index contributed by atoms with van der Waals surface area (Å²) in [6.45, 7) is 2.88. The third-order valence-corrected chi connectivity index (χ3v) is 3.90. The molecule has 2 nitrogen and oxygen atoms in total. The van der Waals surface area contributed by atoms with Crippen LogP contribution in [0.1, 0.15) is 0 Å². The lowest BCUT2D eigenvalue weighted by atomic mass is 9.90. The Morgan fingerprint density at radius 2 is 0.906 bits per heavy atom. The number of rotatable bonds is 8. The average molecular weight is 513 g/mol. The SMILES string of the molecule is C=Cn1cc[n+](C(F)(F)C(F)(F)C(F)(F)C(F)(F)C(F)(F)C(F)(F)C(F)(F)C(F)(F)F)c1. The molecule has 32 heavy (non-hydrogen) atoms. The van der Waals surface area contributed by atoms with E-state index in [0.29, 0.717) is 17.0 Å². The Morgan fingerprint density at radius 3 is 1.22 bits per heavy atom. The predicted octanol–water partition coefficient (Wildman–Crippen LogP) is 5.80. The summed E-state index contributed by atoms with van der Waals surface area (Å²) in [5.41, 5.74) is 0. The molecule has 0 aliphatic carbocycles. The molecule has 0 atom stereocenters. The first-order valence-corrected chi connectivity index (χ1v) is 7.22. The third kappa shape index (κ3) is 3.29. The summed E-state index contributed by atoms with van der Waals surface area (Å²) in [5, 5.41) is 0. The monoisotopic (exact) mass is 513 g/mol. The number of hydrogen-bond acceptors (Lipinski definition) is 0. The zero-order valence-electron chi connectivity index (χ0n) is 14.3. The van der Waals surface area contributed by atoms with Crippen LogP contribution in [0.2, 0.25) is 0 Å². The Morgan fingerprint density at radius 1 is 0.562 bits per heavy atom. The van der Waals surface area contributed by atoms with E-state index in [1.807, 2.05) is 0 Å². The first-order chi connectivity index (χ1) is 13.8. The van der Waals surface area contributed by atoms with E-state index in [2.05, 4.69) is 6.58 Å². The zero-order chi connectivity index (χ0) is 26.0. The lowest BCUT2D eigenvalue weighted by molar-refractivity contribution is -0.849. The summed E-state index contributed by atoms with van der Waals surface area (Å²) >= 11 is 0. The molecule has 0 saturated carbocycles. The maximum Gasteiger partial charge on any atom is 0.469 e. The van der Waals surface area contributed by atoms with Gasteiger partial charge in [-0.3, -0.25) is 0 Å². The van der Waals surface area contributed by atoms with Gasteiger partial charge in [0.2, 0.25) is 0 Å². The smallest absolute Gasteiger partial charge is 0.210 e. The molecule has 0 saturated heterocycles. The second-order valence-corrected chi connectivity index (χ2v) is 5.94. The van der Waals surface area contributed by atoms with E-state index in [9.17, 15) is 74.6 Å². The molecule has 0 bridgehead atoms. The number of hydrogen-bond donors (Lipinski definition) is 0. The fourth-order valence-electron chi connectivity index (χ4n) is 1.96. The summed E-state index contributed by atoms with van der Waals surface area (Å²) in [4.78, 5) is 0. The van der Waals surface area contributed by atoms with E-state index in [1.54, 1.807) is 0 Å². The highest BCUT2D eigenvalue weighted by Crippen LogP contribution is 2.63. The highest BCUT2D eigenvalue weighted by atomic mass is 19.4. The molecule has 0 aliphatic rings. The van der Waals surface area contributed by atoms with Crippen LogP contribution in [-0.4, -0.2) is 46.3 Å². The Balaban J connectivity index is 3.69. The van der Waals surface area contributed by atoms with Crippen molar-refractivity contribution in [2.45, 2.75) is 47.8 Å². The zero-order valence-corrected chi connectivity index (χ0v) is 14.3. The minimum Gasteiger partial charge on any atom is -0.210 e. The van der Waals surface area contributed by atoms with E-state index in [4.69, 9.17) is 0 Å². The standard InChI is InChI=1S/C13H6F17N2/c1-2-31-3-4-32(5-31)13(29,30)11(24,25)9(20,21)7(16,17)6(14,15)8(18,19)10(22,23)12(26,27)28/h2-5H,1H2/q+1. The summed E-state index contributed by atoms with van der Waals surface area (Å²) in [7, 11) is 0. The lowest BCUT2D eigenvalue weighted by Gasteiger charge is -2.41. The summed E-state index contributed by atoms with van der Waals surface area (Å²) < 4.78 is 222. The molecular weight excluding hydrogens is 507 g/mol. The van der Waals surface area contributed by atoms with Gasteiger partial charge in [-0.15, -0.1) is 0 Å². The van der Waals surface area contributed by atoms with Gasteiger partial charge in [-0.1, -0.05) is 6.58 Å². The normalized spacial score (nSPS) is 15.8. The first kappa shape index (κ1) is 27.8. The van der Waals surface area contributed by atoms with Crippen LogP contribution in [0.3, 0.4) is 0 Å². The van der Waals surface area contributed by atoms with Crippen LogP contribution in [0.4, 0.5) is 74.6 Å². The van der Waals surface area contributed by atoms with E-state index in [-0.39, 0.29) is 12.5 Å². The van der Waals surface area contributed by atoms with Crippen LogP contribution in [0.5, 0.6) is 0 Å². The topological polar surface area (TPSA) is 8.81 Å². The van der Waals surface area contributed by atoms with Crippen LogP contribution < -0.4 is 4.57 Å². The van der Waals surface area contributed by atoms with Crippen molar-refractivity contribution < 1.29 is 79.2 Å². The van der Waals surface area contributed by atoms with Gasteiger partial charge in [0.15, 0.2) is 0 Å². The highest BCUT2D eigenvalue weighted by Gasteiger charge is 2.96. The molecule has 0 unspecified atom stereocenters. The van der Waals surface area contributed by atoms with Gasteiger partial charge in [0, 0.05) is 0 Å². The van der Waals surface area contributed by atoms with Crippen molar-refractivity contribution in [2.75, 3.05) is 0 Å². The van der Waals surface area contributed by atoms with Gasteiger partial charge >= 0.3 is 47.8 Å². The van der Waals surface area contributed by atoms with Crippen molar-refractivity contribution in [1.29, 1.82) is 0 Å². The van der Waals surface area contributed by atoms with E-state index in [1.165, 1.54) is 0 Å². The predicted molar refractivity (Wildman–Crippen MR) is 66.9 cm³/mol. The van der Waals surface area contributed by atoms with Gasteiger partial charge in [-0.05, 0) is 0 Å². The third-order valence-electron chi connectivity index (χ3n) is 3.90. The largest absolute Gasteiger partial charge is 0.469 e. The average Bonchev–Trinajstić information content (AvgIpc) is 3.09. The minimum atomic E-state index is -8.64. The van der Waals surface area contributed by atoms with Crippen LogP contribution in [0.15, 0.2) is 25.3 Å². The van der Waals surface area contributed by atoms with Crippen molar-refractivity contribution in [3.05, 3.63) is 25.3 Å². The van der Waals surface area contributed by atoms with E-state index in [0.717, 1.165) is 0 Å². The lowest BCUT2D eigenvalue weighted by Crippen LogP contribution is -2.76. The Hall–Kier alpha value is -2.24. The molecule has 0 amide bonds. The molecule has 1 heterocycles. The summed E-state index contributed by atoms with van der Waals surface area (Å²) in [6, 6.07) is -6.65. The maximum atomic E-state index is 13.8. The van der Waals surface area contributed by atoms with Crippen molar-refractivity contribution in [1.82, 2.24) is 4.57 Å². The number of alkyl halides is 17. The Labute approximate surface area is 164 Å². The maximum absolute atomic E-state index is 13.8. The van der Waals surface area contributed by atoms with E-state index >= 15 is 0 Å². The molecule has 0 fully saturated rings. The molecule has 0 aromatic carbocycles.